The van der Waals surface area contributed by atoms with Crippen molar-refractivity contribution in [3.05, 3.63) is 23.9 Å². The maximum atomic E-state index is 6.01. The second-order valence-corrected chi connectivity index (χ2v) is 5.85. The molecule has 1 aromatic rings. The zero-order valence-electron chi connectivity index (χ0n) is 12.3. The van der Waals surface area contributed by atoms with Crippen molar-refractivity contribution in [1.82, 2.24) is 9.88 Å². The molecule has 1 saturated heterocycles. The molecule has 1 fully saturated rings. The fourth-order valence-corrected chi connectivity index (χ4v) is 2.76. The van der Waals surface area contributed by atoms with E-state index in [9.17, 15) is 0 Å². The first-order valence-electron chi connectivity index (χ1n) is 7.00. The van der Waals surface area contributed by atoms with E-state index in [-0.39, 0.29) is 24.0 Å². The monoisotopic (exact) mass is 422 g/mol. The van der Waals surface area contributed by atoms with Gasteiger partial charge in [0.2, 0.25) is 5.88 Å². The fourth-order valence-electron chi connectivity index (χ4n) is 1.86. The van der Waals surface area contributed by atoms with Gasteiger partial charge in [-0.1, -0.05) is 13.0 Å². The van der Waals surface area contributed by atoms with Gasteiger partial charge >= 0.3 is 0 Å². The highest BCUT2D eigenvalue weighted by molar-refractivity contribution is 14.0. The summed E-state index contributed by atoms with van der Waals surface area (Å²) in [5, 5.41) is 0. The summed E-state index contributed by atoms with van der Waals surface area (Å²) in [5.74, 6) is 3.56. The number of ether oxygens (including phenoxy) is 1. The lowest BCUT2D eigenvalue weighted by Gasteiger charge is -2.27. The Morgan fingerprint density at radius 2 is 2.19 bits per heavy atom. The van der Waals surface area contributed by atoms with Gasteiger partial charge in [-0.25, -0.2) is 9.98 Å². The molecule has 7 heteroatoms. The molecule has 0 unspecified atom stereocenters. The predicted octanol–water partition coefficient (Wildman–Crippen LogP) is 2.35. The molecule has 0 bridgehead atoms. The first-order chi connectivity index (χ1) is 9.79. The van der Waals surface area contributed by atoms with Gasteiger partial charge in [-0.3, -0.25) is 0 Å². The fraction of sp³-hybridized carbons (Fsp3) is 0.571. The second-order valence-electron chi connectivity index (χ2n) is 4.63. The number of rotatable bonds is 5. The second kappa shape index (κ2) is 10.1. The molecule has 0 amide bonds. The van der Waals surface area contributed by atoms with Crippen LogP contribution in [0.25, 0.3) is 0 Å². The highest BCUT2D eigenvalue weighted by Crippen LogP contribution is 2.11. The molecule has 1 aliphatic rings. The van der Waals surface area contributed by atoms with E-state index in [1.54, 1.807) is 6.20 Å². The van der Waals surface area contributed by atoms with Gasteiger partial charge < -0.3 is 15.4 Å². The third-order valence-electron chi connectivity index (χ3n) is 3.01. The van der Waals surface area contributed by atoms with Gasteiger partial charge in [0.05, 0.1) is 13.2 Å². The molecule has 2 rings (SSSR count). The van der Waals surface area contributed by atoms with Crippen molar-refractivity contribution in [3.63, 3.8) is 0 Å². The summed E-state index contributed by atoms with van der Waals surface area (Å²) < 4.78 is 5.45. The van der Waals surface area contributed by atoms with Crippen molar-refractivity contribution in [2.45, 2.75) is 19.9 Å². The lowest BCUT2D eigenvalue weighted by atomic mass is 10.3. The maximum Gasteiger partial charge on any atom is 0.213 e. The van der Waals surface area contributed by atoms with Gasteiger partial charge in [0, 0.05) is 36.9 Å². The van der Waals surface area contributed by atoms with Crippen LogP contribution in [0.1, 0.15) is 18.9 Å². The molecule has 21 heavy (non-hydrogen) atoms. The van der Waals surface area contributed by atoms with Crippen LogP contribution < -0.4 is 10.5 Å². The van der Waals surface area contributed by atoms with Crippen LogP contribution in [0.5, 0.6) is 5.88 Å². The molecule has 5 nitrogen and oxygen atoms in total. The van der Waals surface area contributed by atoms with Crippen molar-refractivity contribution >= 4 is 41.7 Å². The van der Waals surface area contributed by atoms with E-state index in [1.807, 2.05) is 23.9 Å². The van der Waals surface area contributed by atoms with Crippen molar-refractivity contribution in [2.75, 3.05) is 31.2 Å². The Morgan fingerprint density at radius 3 is 2.81 bits per heavy atom. The number of hydrogen-bond acceptors (Lipinski definition) is 4. The summed E-state index contributed by atoms with van der Waals surface area (Å²) >= 11 is 1.96. The number of halogens is 1. The number of guanidine groups is 1. The maximum absolute atomic E-state index is 6.01. The lowest BCUT2D eigenvalue weighted by molar-refractivity contribution is 0.305. The number of nitrogens with zero attached hydrogens (tertiary/aromatic N) is 3. The average Bonchev–Trinajstić information content (AvgIpc) is 2.52. The topological polar surface area (TPSA) is 63.7 Å². The van der Waals surface area contributed by atoms with E-state index in [0.717, 1.165) is 36.6 Å². The van der Waals surface area contributed by atoms with Crippen LogP contribution in [-0.4, -0.2) is 47.0 Å². The number of thioether (sulfide) groups is 1. The van der Waals surface area contributed by atoms with Crippen LogP contribution in [-0.2, 0) is 6.54 Å². The van der Waals surface area contributed by atoms with Crippen LogP contribution in [0, 0.1) is 0 Å². The normalized spacial score (nSPS) is 15.5. The number of nitrogens with two attached hydrogens (primary N) is 1. The summed E-state index contributed by atoms with van der Waals surface area (Å²) in [6.45, 7) is 5.32. The molecular weight excluding hydrogens is 399 g/mol. The molecular formula is C14H23IN4OS. The number of aliphatic imine (C=N–C) groups is 1. The molecule has 0 aliphatic carbocycles. The van der Waals surface area contributed by atoms with Gasteiger partial charge in [-0.05, 0) is 12.0 Å². The Labute approximate surface area is 147 Å². The van der Waals surface area contributed by atoms with Gasteiger partial charge in [0.15, 0.2) is 5.96 Å². The van der Waals surface area contributed by atoms with E-state index >= 15 is 0 Å². The van der Waals surface area contributed by atoms with E-state index in [4.69, 9.17) is 10.5 Å². The summed E-state index contributed by atoms with van der Waals surface area (Å²) in [7, 11) is 0. The van der Waals surface area contributed by atoms with Crippen molar-refractivity contribution in [3.8, 4) is 5.88 Å². The first-order valence-corrected chi connectivity index (χ1v) is 8.15. The largest absolute Gasteiger partial charge is 0.478 e. The molecule has 0 spiro atoms. The average molecular weight is 422 g/mol. The van der Waals surface area contributed by atoms with Crippen LogP contribution in [0.3, 0.4) is 0 Å². The quantitative estimate of drug-likeness (QED) is 0.449. The summed E-state index contributed by atoms with van der Waals surface area (Å²) in [6.07, 6.45) is 2.78. The Balaban J connectivity index is 0.00000220. The zero-order chi connectivity index (χ0) is 14.2. The number of aromatic nitrogens is 1. The van der Waals surface area contributed by atoms with Crippen LogP contribution in [0.15, 0.2) is 23.3 Å². The molecule has 118 valence electrons. The van der Waals surface area contributed by atoms with Gasteiger partial charge in [-0.15, -0.1) is 24.0 Å². The Kier molecular flexibility index (Phi) is 8.82. The lowest BCUT2D eigenvalue weighted by Crippen LogP contribution is -2.42. The zero-order valence-corrected chi connectivity index (χ0v) is 15.5. The summed E-state index contributed by atoms with van der Waals surface area (Å²) in [4.78, 5) is 10.8. The molecule has 0 saturated carbocycles. The minimum absolute atomic E-state index is 0. The highest BCUT2D eigenvalue weighted by atomic mass is 127. The predicted molar refractivity (Wildman–Crippen MR) is 99.7 cm³/mol. The minimum atomic E-state index is 0. The van der Waals surface area contributed by atoms with Crippen LogP contribution in [0.4, 0.5) is 0 Å². The SMILES string of the molecule is CCCOc1ccc(CN=C(N)N2CCSCC2)cn1.I. The van der Waals surface area contributed by atoms with Crippen molar-refractivity contribution in [1.29, 1.82) is 0 Å². The minimum Gasteiger partial charge on any atom is -0.478 e. The molecule has 0 radical (unpaired) electrons. The molecule has 2 heterocycles. The third kappa shape index (κ3) is 6.29. The molecule has 0 atom stereocenters. The Hall–Kier alpha value is -0.700. The Bertz CT molecular complexity index is 435. The summed E-state index contributed by atoms with van der Waals surface area (Å²) in [6, 6.07) is 3.87. The van der Waals surface area contributed by atoms with E-state index in [2.05, 4.69) is 21.8 Å². The standard InChI is InChI=1S/C14H22N4OS.HI/c1-2-7-19-13-4-3-12(10-16-13)11-17-14(15)18-5-8-20-9-6-18;/h3-4,10H,2,5-9,11H2,1H3,(H2,15,17);1H. The van der Waals surface area contributed by atoms with Crippen LogP contribution >= 0.6 is 35.7 Å². The van der Waals surface area contributed by atoms with Gasteiger partial charge in [-0.2, -0.15) is 11.8 Å². The van der Waals surface area contributed by atoms with E-state index in [1.165, 1.54) is 0 Å². The van der Waals surface area contributed by atoms with Crippen LogP contribution in [0.2, 0.25) is 0 Å². The third-order valence-corrected chi connectivity index (χ3v) is 3.95. The smallest absolute Gasteiger partial charge is 0.213 e. The van der Waals surface area contributed by atoms with Gasteiger partial charge in [0.1, 0.15) is 0 Å². The number of pyridine rings is 1. The first kappa shape index (κ1) is 18.3. The Morgan fingerprint density at radius 1 is 1.43 bits per heavy atom. The molecule has 1 aliphatic heterocycles. The van der Waals surface area contributed by atoms with Gasteiger partial charge in [0.25, 0.3) is 0 Å². The highest BCUT2D eigenvalue weighted by Gasteiger charge is 2.11. The summed E-state index contributed by atoms with van der Waals surface area (Å²) in [5.41, 5.74) is 7.06. The number of hydrogen-bond donors (Lipinski definition) is 1. The van der Waals surface area contributed by atoms with Crippen molar-refractivity contribution < 1.29 is 4.74 Å². The molecule has 2 N–H and O–H groups in total. The van der Waals surface area contributed by atoms with E-state index < -0.39 is 0 Å². The van der Waals surface area contributed by atoms with Crippen molar-refractivity contribution in [2.24, 2.45) is 10.7 Å². The van der Waals surface area contributed by atoms with E-state index in [0.29, 0.717) is 25.0 Å². The molecule has 0 aromatic carbocycles. The molecule has 1 aromatic heterocycles.